The first-order valence-electron chi connectivity index (χ1n) is 10.1. The highest BCUT2D eigenvalue weighted by Gasteiger charge is 2.17. The van der Waals surface area contributed by atoms with Gasteiger partial charge in [0, 0.05) is 6.54 Å². The minimum absolute atomic E-state index is 0.0805. The van der Waals surface area contributed by atoms with Crippen molar-refractivity contribution in [2.75, 3.05) is 14.1 Å². The van der Waals surface area contributed by atoms with Crippen molar-refractivity contribution in [3.8, 4) is 6.07 Å². The molecule has 6 heteroatoms. The Labute approximate surface area is 181 Å². The summed E-state index contributed by atoms with van der Waals surface area (Å²) in [5.41, 5.74) is 4.54. The zero-order chi connectivity index (χ0) is 22.4. The molecule has 0 unspecified atom stereocenters. The summed E-state index contributed by atoms with van der Waals surface area (Å²) in [6.45, 7) is 8.95. The molecule has 0 saturated heterocycles. The fourth-order valence-electron chi connectivity index (χ4n) is 3.42. The highest BCUT2D eigenvalue weighted by atomic mass is 32.2. The Kier molecular flexibility index (Phi) is 8.33. The van der Waals surface area contributed by atoms with Crippen LogP contribution in [-0.2, 0) is 32.6 Å². The topological polar surface area (TPSA) is 73.5 Å². The van der Waals surface area contributed by atoms with Crippen molar-refractivity contribution >= 4 is 16.5 Å². The Morgan fingerprint density at radius 2 is 1.60 bits per heavy atom. The van der Waals surface area contributed by atoms with Crippen LogP contribution in [-0.4, -0.2) is 24.9 Å². The highest BCUT2D eigenvalue weighted by Crippen LogP contribution is 2.30. The van der Waals surface area contributed by atoms with Crippen LogP contribution in [0.5, 0.6) is 0 Å². The van der Waals surface area contributed by atoms with Gasteiger partial charge in [0.1, 0.15) is 0 Å². The van der Waals surface area contributed by atoms with Crippen molar-refractivity contribution in [3.05, 3.63) is 64.2 Å². The van der Waals surface area contributed by atoms with Crippen LogP contribution in [0.2, 0.25) is 0 Å². The largest absolute Gasteiger partial charge is 0.440 e. The van der Waals surface area contributed by atoms with E-state index in [0.29, 0.717) is 10.5 Å². The van der Waals surface area contributed by atoms with Crippen molar-refractivity contribution < 1.29 is 9.00 Å². The monoisotopic (exact) mass is 424 g/mol. The summed E-state index contributed by atoms with van der Waals surface area (Å²) in [6.07, 6.45) is 0.0805. The first-order valence-corrected chi connectivity index (χ1v) is 11.2. The average Bonchev–Trinajstić information content (AvgIpc) is 2.67. The lowest BCUT2D eigenvalue weighted by Crippen LogP contribution is -2.10. The highest BCUT2D eigenvalue weighted by molar-refractivity contribution is 7.75. The third kappa shape index (κ3) is 6.25. The predicted octanol–water partition coefficient (Wildman–Crippen LogP) is 5.14. The van der Waals surface area contributed by atoms with Gasteiger partial charge in [0.2, 0.25) is 5.91 Å². The number of nitriles is 1. The number of hydrogen-bond donors (Lipinski definition) is 0. The lowest BCUT2D eigenvalue weighted by molar-refractivity contribution is -0.117. The number of carbonyl (C=O) groups is 1. The van der Waals surface area contributed by atoms with Crippen LogP contribution in [0.25, 0.3) is 0 Å². The molecule has 0 aromatic heterocycles. The molecule has 30 heavy (non-hydrogen) atoms. The van der Waals surface area contributed by atoms with Gasteiger partial charge in [-0.2, -0.15) is 15.9 Å². The molecular weight excluding hydrogens is 394 g/mol. The maximum absolute atomic E-state index is 12.7. The van der Waals surface area contributed by atoms with E-state index in [1.807, 2.05) is 66.1 Å². The van der Waals surface area contributed by atoms with Crippen LogP contribution >= 0.6 is 0 Å². The van der Waals surface area contributed by atoms with Gasteiger partial charge in [0.25, 0.3) is 0 Å². The van der Waals surface area contributed by atoms with Crippen LogP contribution < -0.4 is 0 Å². The molecule has 0 saturated carbocycles. The van der Waals surface area contributed by atoms with Gasteiger partial charge in [-0.25, -0.2) is 0 Å². The summed E-state index contributed by atoms with van der Waals surface area (Å²) in [4.78, 5) is 15.2. The molecular formula is C24H30N3O2S-. The van der Waals surface area contributed by atoms with Crippen molar-refractivity contribution in [3.63, 3.8) is 0 Å². The molecule has 0 aliphatic heterocycles. The molecule has 2 rings (SSSR count). The zero-order valence-electron chi connectivity index (χ0n) is 18.6. The first kappa shape index (κ1) is 23.8. The van der Waals surface area contributed by atoms with Gasteiger partial charge < -0.3 is 13.5 Å². The molecule has 0 atom stereocenters. The van der Waals surface area contributed by atoms with Gasteiger partial charge >= 0.3 is 0 Å². The van der Waals surface area contributed by atoms with Crippen molar-refractivity contribution in [2.24, 2.45) is 4.36 Å². The second kappa shape index (κ2) is 10.5. The van der Waals surface area contributed by atoms with Gasteiger partial charge in [-0.3, -0.25) is 4.79 Å². The summed E-state index contributed by atoms with van der Waals surface area (Å²) in [7, 11) is 2.23. The third-order valence-corrected chi connectivity index (χ3v) is 5.87. The van der Waals surface area contributed by atoms with Crippen molar-refractivity contribution in [2.45, 2.75) is 57.4 Å². The minimum atomic E-state index is -1.74. The van der Waals surface area contributed by atoms with E-state index in [2.05, 4.69) is 15.3 Å². The fraction of sp³-hybridized carbons (Fsp3) is 0.417. The molecule has 1 amide bonds. The Morgan fingerprint density at radius 3 is 2.03 bits per heavy atom. The maximum Gasteiger partial charge on any atom is 0.227 e. The molecule has 0 radical (unpaired) electrons. The maximum atomic E-state index is 12.7. The summed E-state index contributed by atoms with van der Waals surface area (Å²) in [5, 5.41) is 9.36. The lowest BCUT2D eigenvalue weighted by Gasteiger charge is -2.20. The molecule has 0 fully saturated rings. The van der Waals surface area contributed by atoms with Crippen LogP contribution in [0.15, 0.2) is 45.7 Å². The van der Waals surface area contributed by atoms with E-state index in [1.165, 1.54) is 0 Å². The zero-order valence-corrected chi connectivity index (χ0v) is 19.4. The number of amides is 1. The smallest absolute Gasteiger partial charge is 0.227 e. The Morgan fingerprint density at radius 1 is 1.07 bits per heavy atom. The Balaban J connectivity index is 2.33. The van der Waals surface area contributed by atoms with Crippen LogP contribution in [0.4, 0.5) is 0 Å². The molecule has 0 aliphatic carbocycles. The van der Waals surface area contributed by atoms with Gasteiger partial charge in [-0.15, -0.1) is 0 Å². The van der Waals surface area contributed by atoms with E-state index in [1.54, 1.807) is 12.1 Å². The number of benzene rings is 2. The molecule has 0 N–H and O–H groups in total. The molecule has 160 valence electrons. The number of carbonyl (C=O) groups excluding carboxylic acids is 1. The van der Waals surface area contributed by atoms with Gasteiger partial charge in [-0.05, 0) is 60.3 Å². The Bertz CT molecular complexity index is 996. The summed E-state index contributed by atoms with van der Waals surface area (Å²) < 4.78 is 16.5. The average molecular weight is 425 g/mol. The standard InChI is InChI=1S/C24H30N3O2S/c1-16(2)21-11-19(14-25)12-22(17(3)4)23(21)13-24(28)26-30(29)20-9-7-18(8-10-20)15-27(5)6/h7-12,16-17H,13,15H2,1-6H3/q-1. The van der Waals surface area contributed by atoms with E-state index in [-0.39, 0.29) is 18.3 Å². The normalized spacial score (nSPS) is 12.5. The van der Waals surface area contributed by atoms with Crippen LogP contribution in [0.3, 0.4) is 0 Å². The van der Waals surface area contributed by atoms with E-state index in [9.17, 15) is 14.3 Å². The molecule has 0 bridgehead atoms. The van der Waals surface area contributed by atoms with E-state index >= 15 is 0 Å². The quantitative estimate of drug-likeness (QED) is 0.577. The minimum Gasteiger partial charge on any atom is -0.440 e. The van der Waals surface area contributed by atoms with E-state index < -0.39 is 16.5 Å². The second-order valence-electron chi connectivity index (χ2n) is 8.35. The Hall–Kier alpha value is -2.49. The van der Waals surface area contributed by atoms with Crippen LogP contribution in [0, 0.1) is 11.3 Å². The summed E-state index contributed by atoms with van der Waals surface area (Å²) >= 11 is 0. The van der Waals surface area contributed by atoms with Gasteiger partial charge in [0.05, 0.1) is 18.1 Å². The van der Waals surface area contributed by atoms with Gasteiger partial charge in [-0.1, -0.05) is 56.9 Å². The molecule has 0 spiro atoms. The molecule has 0 heterocycles. The number of hydrogen-bond acceptors (Lipinski definition) is 5. The molecule has 0 aliphatic rings. The van der Waals surface area contributed by atoms with E-state index in [4.69, 9.17) is 0 Å². The fourth-order valence-corrected chi connectivity index (χ4v) is 4.15. The lowest BCUT2D eigenvalue weighted by atomic mass is 9.85. The van der Waals surface area contributed by atoms with Gasteiger partial charge in [0.15, 0.2) is 0 Å². The van der Waals surface area contributed by atoms with Crippen molar-refractivity contribution in [1.29, 1.82) is 5.26 Å². The number of nitrogens with zero attached hydrogens (tertiary/aromatic N) is 3. The first-order chi connectivity index (χ1) is 14.1. The summed E-state index contributed by atoms with van der Waals surface area (Å²) in [6, 6.07) is 13.2. The summed E-state index contributed by atoms with van der Waals surface area (Å²) in [5.74, 6) is -0.0964. The molecule has 2 aromatic rings. The second-order valence-corrected chi connectivity index (χ2v) is 9.50. The molecule has 5 nitrogen and oxygen atoms in total. The predicted molar refractivity (Wildman–Crippen MR) is 121 cm³/mol. The third-order valence-electron chi connectivity index (χ3n) is 4.83. The number of rotatable bonds is 7. The van der Waals surface area contributed by atoms with Crippen LogP contribution in [0.1, 0.15) is 67.3 Å². The SMILES string of the molecule is CC(C)c1cc(C#N)cc(C(C)C)c1CC(=O)N=[S-](=O)c1ccc(CN(C)C)cc1. The van der Waals surface area contributed by atoms with Crippen molar-refractivity contribution in [1.82, 2.24) is 4.90 Å². The molecule has 2 aromatic carbocycles. The van der Waals surface area contributed by atoms with E-state index in [0.717, 1.165) is 28.8 Å².